The summed E-state index contributed by atoms with van der Waals surface area (Å²) in [5.41, 5.74) is 0.477. The molecule has 1 amide bonds. The summed E-state index contributed by atoms with van der Waals surface area (Å²) in [6.45, 7) is 1.99. The van der Waals surface area contributed by atoms with E-state index >= 15 is 0 Å². The van der Waals surface area contributed by atoms with Crippen molar-refractivity contribution in [2.75, 3.05) is 25.0 Å². The summed E-state index contributed by atoms with van der Waals surface area (Å²) in [7, 11) is 1.89. The van der Waals surface area contributed by atoms with Crippen molar-refractivity contribution in [3.8, 4) is 0 Å². The Morgan fingerprint density at radius 2 is 2.21 bits per heavy atom. The lowest BCUT2D eigenvalue weighted by Gasteiger charge is -2.23. The van der Waals surface area contributed by atoms with Crippen LogP contribution in [0, 0.1) is 0 Å². The van der Waals surface area contributed by atoms with Crippen LogP contribution >= 0.6 is 0 Å². The molecule has 7 heteroatoms. The van der Waals surface area contributed by atoms with Crippen molar-refractivity contribution < 1.29 is 9.53 Å². The van der Waals surface area contributed by atoms with E-state index in [2.05, 4.69) is 15.3 Å². The number of carbonyl (C=O) groups excluding carboxylic acids is 1. The van der Waals surface area contributed by atoms with Gasteiger partial charge in [-0.1, -0.05) is 0 Å². The monoisotopic (exact) mass is 327 g/mol. The average molecular weight is 327 g/mol. The predicted octanol–water partition coefficient (Wildman–Crippen LogP) is 1.30. The van der Waals surface area contributed by atoms with E-state index in [0.29, 0.717) is 19.1 Å². The van der Waals surface area contributed by atoms with Crippen LogP contribution in [0.5, 0.6) is 0 Å². The normalized spacial score (nSPS) is 26.2. The molecule has 1 N–H and O–H groups in total. The second-order valence-corrected chi connectivity index (χ2v) is 6.59. The summed E-state index contributed by atoms with van der Waals surface area (Å²) in [5, 5.41) is 3.32. The zero-order chi connectivity index (χ0) is 16.6. The lowest BCUT2D eigenvalue weighted by Crippen LogP contribution is -2.37. The van der Waals surface area contributed by atoms with Gasteiger partial charge < -0.3 is 19.5 Å². The first-order chi connectivity index (χ1) is 11.7. The number of nitrogens with one attached hydrogen (secondary N) is 1. The van der Waals surface area contributed by atoms with E-state index in [1.54, 1.807) is 18.5 Å². The van der Waals surface area contributed by atoms with Gasteiger partial charge in [-0.25, -0.2) is 9.97 Å². The maximum absolute atomic E-state index is 12.7. The summed E-state index contributed by atoms with van der Waals surface area (Å²) in [6, 6.07) is 5.73. The first kappa shape index (κ1) is 15.1. The molecular formula is C17H21N5O2. The molecule has 0 unspecified atom stereocenters. The molecule has 0 aliphatic carbocycles. The number of nitrogens with zero attached hydrogens (tertiary/aromatic N) is 4. The molecule has 2 aliphatic heterocycles. The van der Waals surface area contributed by atoms with E-state index in [9.17, 15) is 4.79 Å². The maximum atomic E-state index is 12.7. The molecule has 0 aromatic carbocycles. The standard InChI is InChI=1S/C17H21N5O2/c1-21-8-2-4-14(21)15(23)22-9-5-17(12-22)10-13(11-24-17)20-16-18-6-3-7-19-16/h2-4,6-8,13H,5,9-12H2,1H3,(H,18,19,20)/t13-,17+/m1/s1. The molecular weight excluding hydrogens is 306 g/mol. The Bertz CT molecular complexity index is 732. The Balaban J connectivity index is 1.40. The Morgan fingerprint density at radius 3 is 2.96 bits per heavy atom. The number of hydrogen-bond acceptors (Lipinski definition) is 5. The molecule has 1 spiro atoms. The molecule has 2 aliphatic rings. The topological polar surface area (TPSA) is 72.3 Å². The highest BCUT2D eigenvalue weighted by molar-refractivity contribution is 5.93. The zero-order valence-electron chi connectivity index (χ0n) is 13.7. The number of hydrogen-bond donors (Lipinski definition) is 1. The Hall–Kier alpha value is -2.41. The Morgan fingerprint density at radius 1 is 1.38 bits per heavy atom. The minimum atomic E-state index is -0.243. The van der Waals surface area contributed by atoms with Crippen molar-refractivity contribution in [3.63, 3.8) is 0 Å². The number of ether oxygens (including phenoxy) is 1. The summed E-state index contributed by atoms with van der Waals surface area (Å²) in [5.74, 6) is 0.698. The number of rotatable bonds is 3. The van der Waals surface area contributed by atoms with Crippen LogP contribution in [0.2, 0.25) is 0 Å². The minimum Gasteiger partial charge on any atom is -0.371 e. The fraction of sp³-hybridized carbons (Fsp3) is 0.471. The molecule has 2 aromatic rings. The van der Waals surface area contributed by atoms with Crippen molar-refractivity contribution in [3.05, 3.63) is 42.5 Å². The molecule has 4 heterocycles. The number of aryl methyl sites for hydroxylation is 1. The summed E-state index contributed by atoms with van der Waals surface area (Å²) >= 11 is 0. The molecule has 4 rings (SSSR count). The third kappa shape index (κ3) is 2.75. The summed E-state index contributed by atoms with van der Waals surface area (Å²) in [6.07, 6.45) is 7.07. The fourth-order valence-corrected chi connectivity index (χ4v) is 3.64. The molecule has 0 radical (unpaired) electrons. The molecule has 2 atom stereocenters. The molecule has 126 valence electrons. The van der Waals surface area contributed by atoms with Crippen molar-refractivity contribution >= 4 is 11.9 Å². The number of anilines is 1. The SMILES string of the molecule is Cn1cccc1C(=O)N1CC[C@]2(C[C@@H](Nc3ncccn3)CO2)C1. The maximum Gasteiger partial charge on any atom is 0.270 e. The van der Waals surface area contributed by atoms with Gasteiger partial charge in [-0.2, -0.15) is 0 Å². The molecule has 7 nitrogen and oxygen atoms in total. The van der Waals surface area contributed by atoms with E-state index < -0.39 is 0 Å². The van der Waals surface area contributed by atoms with E-state index in [4.69, 9.17) is 4.74 Å². The molecule has 0 saturated carbocycles. The lowest BCUT2D eigenvalue weighted by atomic mass is 9.97. The van der Waals surface area contributed by atoms with Crippen molar-refractivity contribution in [2.24, 2.45) is 7.05 Å². The van der Waals surface area contributed by atoms with Gasteiger partial charge in [-0.3, -0.25) is 4.79 Å². The minimum absolute atomic E-state index is 0.0748. The lowest BCUT2D eigenvalue weighted by molar-refractivity contribution is 0.0124. The molecule has 2 aromatic heterocycles. The zero-order valence-corrected chi connectivity index (χ0v) is 13.7. The third-order valence-electron chi connectivity index (χ3n) is 4.87. The van der Waals surface area contributed by atoms with Crippen LogP contribution in [0.4, 0.5) is 5.95 Å². The van der Waals surface area contributed by atoms with Crippen LogP contribution in [0.15, 0.2) is 36.8 Å². The third-order valence-corrected chi connectivity index (χ3v) is 4.87. The van der Waals surface area contributed by atoms with Gasteiger partial charge in [0.05, 0.1) is 24.8 Å². The molecule has 24 heavy (non-hydrogen) atoms. The van der Waals surface area contributed by atoms with Crippen LogP contribution in [-0.4, -0.2) is 56.7 Å². The van der Waals surface area contributed by atoms with Gasteiger partial charge in [0.1, 0.15) is 5.69 Å². The second-order valence-electron chi connectivity index (χ2n) is 6.59. The first-order valence-electron chi connectivity index (χ1n) is 8.23. The number of amides is 1. The first-order valence-corrected chi connectivity index (χ1v) is 8.23. The quantitative estimate of drug-likeness (QED) is 0.920. The van der Waals surface area contributed by atoms with Crippen LogP contribution in [0.25, 0.3) is 0 Å². The Labute approximate surface area is 140 Å². The smallest absolute Gasteiger partial charge is 0.270 e. The van der Waals surface area contributed by atoms with Gasteiger partial charge in [0.2, 0.25) is 5.95 Å². The van der Waals surface area contributed by atoms with Crippen LogP contribution in [0.1, 0.15) is 23.3 Å². The number of likely N-dealkylation sites (tertiary alicyclic amines) is 1. The van der Waals surface area contributed by atoms with Gasteiger partial charge in [-0.15, -0.1) is 0 Å². The van der Waals surface area contributed by atoms with Crippen molar-refractivity contribution in [2.45, 2.75) is 24.5 Å². The van der Waals surface area contributed by atoms with Crippen LogP contribution in [-0.2, 0) is 11.8 Å². The predicted molar refractivity (Wildman–Crippen MR) is 88.7 cm³/mol. The van der Waals surface area contributed by atoms with Crippen LogP contribution in [0.3, 0.4) is 0 Å². The van der Waals surface area contributed by atoms with Crippen molar-refractivity contribution in [1.29, 1.82) is 0 Å². The van der Waals surface area contributed by atoms with Gasteiger partial charge >= 0.3 is 0 Å². The molecule has 2 fully saturated rings. The van der Waals surface area contributed by atoms with Gasteiger partial charge in [-0.05, 0) is 24.6 Å². The van der Waals surface area contributed by atoms with E-state index in [1.165, 1.54) is 0 Å². The van der Waals surface area contributed by atoms with Gasteiger partial charge in [0.25, 0.3) is 5.91 Å². The van der Waals surface area contributed by atoms with E-state index in [-0.39, 0.29) is 17.6 Å². The number of carbonyl (C=O) groups is 1. The number of aromatic nitrogens is 3. The fourth-order valence-electron chi connectivity index (χ4n) is 3.64. The van der Waals surface area contributed by atoms with Gasteiger partial charge in [0.15, 0.2) is 0 Å². The highest BCUT2D eigenvalue weighted by Gasteiger charge is 2.47. The summed E-state index contributed by atoms with van der Waals surface area (Å²) in [4.78, 5) is 23.0. The van der Waals surface area contributed by atoms with Crippen LogP contribution < -0.4 is 5.32 Å². The van der Waals surface area contributed by atoms with E-state index in [1.807, 2.05) is 34.8 Å². The average Bonchev–Trinajstić information content (AvgIpc) is 3.30. The second kappa shape index (κ2) is 5.90. The van der Waals surface area contributed by atoms with Crippen molar-refractivity contribution in [1.82, 2.24) is 19.4 Å². The van der Waals surface area contributed by atoms with E-state index in [0.717, 1.165) is 25.1 Å². The highest BCUT2D eigenvalue weighted by Crippen LogP contribution is 2.36. The highest BCUT2D eigenvalue weighted by atomic mass is 16.5. The van der Waals surface area contributed by atoms with Gasteiger partial charge in [0, 0.05) is 38.6 Å². The Kier molecular flexibility index (Phi) is 3.72. The molecule has 0 bridgehead atoms. The summed E-state index contributed by atoms with van der Waals surface area (Å²) < 4.78 is 7.96. The molecule has 2 saturated heterocycles. The largest absolute Gasteiger partial charge is 0.371 e.